The van der Waals surface area contributed by atoms with Gasteiger partial charge in [-0.25, -0.2) is 0 Å². The van der Waals surface area contributed by atoms with Gasteiger partial charge in [-0.3, -0.25) is 4.79 Å². The molecule has 2 rings (SSSR count). The van der Waals surface area contributed by atoms with Crippen LogP contribution in [0.2, 0.25) is 0 Å². The second-order valence-electron chi connectivity index (χ2n) is 4.31. The number of carbonyl (C=O) groups excluding carboxylic acids is 1. The lowest BCUT2D eigenvalue weighted by Gasteiger charge is -2.00. The van der Waals surface area contributed by atoms with Crippen LogP contribution in [0.1, 0.15) is 18.4 Å². The SMILES string of the molecule is COc1ccc(/C=C/CC2C/C(=C\Br)OC2=O)cc1. The van der Waals surface area contributed by atoms with Gasteiger partial charge < -0.3 is 9.47 Å². The van der Waals surface area contributed by atoms with Gasteiger partial charge in [-0.2, -0.15) is 0 Å². The molecule has 4 heteroatoms. The first kappa shape index (κ1) is 13.9. The number of allylic oxidation sites excluding steroid dienone is 2. The van der Waals surface area contributed by atoms with Crippen LogP contribution in [0.5, 0.6) is 5.75 Å². The third-order valence-corrected chi connectivity index (χ3v) is 3.49. The Labute approximate surface area is 121 Å². The molecule has 0 amide bonds. The van der Waals surface area contributed by atoms with Crippen molar-refractivity contribution in [2.45, 2.75) is 12.8 Å². The van der Waals surface area contributed by atoms with Crippen molar-refractivity contribution in [3.05, 3.63) is 46.6 Å². The maximum Gasteiger partial charge on any atom is 0.314 e. The van der Waals surface area contributed by atoms with Crippen LogP contribution in [-0.4, -0.2) is 13.1 Å². The summed E-state index contributed by atoms with van der Waals surface area (Å²) in [5.41, 5.74) is 1.09. The van der Waals surface area contributed by atoms with E-state index in [1.807, 2.05) is 36.4 Å². The van der Waals surface area contributed by atoms with Crippen molar-refractivity contribution in [3.8, 4) is 5.75 Å². The fourth-order valence-corrected chi connectivity index (χ4v) is 2.19. The first-order valence-electron chi connectivity index (χ1n) is 6.04. The summed E-state index contributed by atoms with van der Waals surface area (Å²) in [5, 5.41) is 0. The van der Waals surface area contributed by atoms with Crippen LogP contribution in [0.25, 0.3) is 6.08 Å². The van der Waals surface area contributed by atoms with Crippen LogP contribution in [0.3, 0.4) is 0 Å². The lowest BCUT2D eigenvalue weighted by Crippen LogP contribution is -2.05. The number of esters is 1. The Morgan fingerprint density at radius 2 is 2.16 bits per heavy atom. The molecule has 0 N–H and O–H groups in total. The van der Waals surface area contributed by atoms with Gasteiger partial charge >= 0.3 is 5.97 Å². The van der Waals surface area contributed by atoms with Gasteiger partial charge in [-0.15, -0.1) is 0 Å². The molecule has 100 valence electrons. The van der Waals surface area contributed by atoms with E-state index in [-0.39, 0.29) is 11.9 Å². The molecule has 1 aliphatic heterocycles. The molecule has 1 aromatic carbocycles. The van der Waals surface area contributed by atoms with Gasteiger partial charge in [0.1, 0.15) is 11.5 Å². The minimum absolute atomic E-state index is 0.0710. The average molecular weight is 323 g/mol. The Hall–Kier alpha value is -1.55. The molecule has 0 aliphatic carbocycles. The summed E-state index contributed by atoms with van der Waals surface area (Å²) >= 11 is 3.18. The summed E-state index contributed by atoms with van der Waals surface area (Å²) in [7, 11) is 1.64. The highest BCUT2D eigenvalue weighted by Crippen LogP contribution is 2.28. The van der Waals surface area contributed by atoms with Crippen LogP contribution in [-0.2, 0) is 9.53 Å². The number of benzene rings is 1. The van der Waals surface area contributed by atoms with Crippen LogP contribution < -0.4 is 4.74 Å². The molecular formula is C15H15BrO3. The predicted octanol–water partition coefficient (Wildman–Crippen LogP) is 3.90. The molecular weight excluding hydrogens is 308 g/mol. The monoisotopic (exact) mass is 322 g/mol. The van der Waals surface area contributed by atoms with Crippen LogP contribution in [0.15, 0.2) is 41.1 Å². The van der Waals surface area contributed by atoms with Crippen molar-refractivity contribution in [2.75, 3.05) is 7.11 Å². The zero-order valence-corrected chi connectivity index (χ0v) is 12.2. The Bertz CT molecular complexity index is 503. The van der Waals surface area contributed by atoms with E-state index in [1.54, 1.807) is 12.1 Å². The maximum atomic E-state index is 11.5. The number of halogens is 1. The van der Waals surface area contributed by atoms with E-state index >= 15 is 0 Å². The predicted molar refractivity (Wildman–Crippen MR) is 77.9 cm³/mol. The highest BCUT2D eigenvalue weighted by molar-refractivity contribution is 9.11. The normalized spacial score (nSPS) is 21.1. The van der Waals surface area contributed by atoms with Crippen LogP contribution >= 0.6 is 15.9 Å². The van der Waals surface area contributed by atoms with Gasteiger partial charge in [0, 0.05) is 11.4 Å². The van der Waals surface area contributed by atoms with E-state index in [9.17, 15) is 4.79 Å². The lowest BCUT2D eigenvalue weighted by molar-refractivity contribution is -0.138. The van der Waals surface area contributed by atoms with Crippen molar-refractivity contribution in [2.24, 2.45) is 5.92 Å². The van der Waals surface area contributed by atoms with Crippen molar-refractivity contribution in [1.82, 2.24) is 0 Å². The topological polar surface area (TPSA) is 35.5 Å². The van der Waals surface area contributed by atoms with Crippen molar-refractivity contribution < 1.29 is 14.3 Å². The average Bonchev–Trinajstić information content (AvgIpc) is 2.80. The van der Waals surface area contributed by atoms with E-state index in [0.717, 1.165) is 11.3 Å². The first-order valence-corrected chi connectivity index (χ1v) is 6.96. The minimum atomic E-state index is -0.148. The van der Waals surface area contributed by atoms with Gasteiger partial charge in [0.2, 0.25) is 0 Å². The fraction of sp³-hybridized carbons (Fsp3) is 0.267. The third kappa shape index (κ3) is 3.70. The van der Waals surface area contributed by atoms with Crippen LogP contribution in [0, 0.1) is 5.92 Å². The summed E-state index contributed by atoms with van der Waals surface area (Å²) in [5.74, 6) is 1.32. The number of ether oxygens (including phenoxy) is 2. The number of hydrogen-bond donors (Lipinski definition) is 0. The minimum Gasteiger partial charge on any atom is -0.497 e. The van der Waals surface area contributed by atoms with Gasteiger partial charge in [0.15, 0.2) is 0 Å². The van der Waals surface area contributed by atoms with Crippen molar-refractivity contribution in [1.29, 1.82) is 0 Å². The highest BCUT2D eigenvalue weighted by atomic mass is 79.9. The second kappa shape index (κ2) is 6.57. The molecule has 1 fully saturated rings. The summed E-state index contributed by atoms with van der Waals surface area (Å²) in [6, 6.07) is 7.78. The Kier molecular flexibility index (Phi) is 4.80. The molecule has 1 saturated heterocycles. The molecule has 1 aromatic rings. The van der Waals surface area contributed by atoms with E-state index in [1.165, 1.54) is 0 Å². The fourth-order valence-electron chi connectivity index (χ4n) is 1.91. The molecule has 0 radical (unpaired) electrons. The smallest absolute Gasteiger partial charge is 0.314 e. The zero-order chi connectivity index (χ0) is 13.7. The maximum absolute atomic E-state index is 11.5. The lowest BCUT2D eigenvalue weighted by atomic mass is 10.0. The molecule has 0 saturated carbocycles. The Balaban J connectivity index is 1.91. The number of carbonyl (C=O) groups is 1. The van der Waals surface area contributed by atoms with Crippen molar-refractivity contribution in [3.63, 3.8) is 0 Å². The van der Waals surface area contributed by atoms with E-state index in [4.69, 9.17) is 9.47 Å². The summed E-state index contributed by atoms with van der Waals surface area (Å²) in [6.07, 6.45) is 5.36. The molecule has 0 spiro atoms. The molecule has 1 atom stereocenters. The number of methoxy groups -OCH3 is 1. The molecule has 1 heterocycles. The van der Waals surface area contributed by atoms with Crippen LogP contribution in [0.4, 0.5) is 0 Å². The first-order chi connectivity index (χ1) is 9.22. The molecule has 1 unspecified atom stereocenters. The third-order valence-electron chi connectivity index (χ3n) is 2.98. The van der Waals surface area contributed by atoms with E-state index < -0.39 is 0 Å². The molecule has 0 aromatic heterocycles. The standard InChI is InChI=1S/C15H15BrO3/c1-18-13-7-5-11(6-8-13)3-2-4-12-9-14(10-16)19-15(12)17/h2-3,5-8,10,12H,4,9H2,1H3/b3-2+,14-10+. The van der Waals surface area contributed by atoms with E-state index in [0.29, 0.717) is 18.6 Å². The number of rotatable bonds is 4. The molecule has 0 bridgehead atoms. The molecule has 3 nitrogen and oxygen atoms in total. The second-order valence-corrected chi connectivity index (χ2v) is 4.77. The Morgan fingerprint density at radius 1 is 1.42 bits per heavy atom. The zero-order valence-electron chi connectivity index (χ0n) is 10.6. The van der Waals surface area contributed by atoms with E-state index in [2.05, 4.69) is 15.9 Å². The van der Waals surface area contributed by atoms with Gasteiger partial charge in [0.05, 0.1) is 13.0 Å². The quantitative estimate of drug-likeness (QED) is 0.789. The highest BCUT2D eigenvalue weighted by Gasteiger charge is 2.29. The summed E-state index contributed by atoms with van der Waals surface area (Å²) in [6.45, 7) is 0. The van der Waals surface area contributed by atoms with Crippen molar-refractivity contribution >= 4 is 28.0 Å². The van der Waals surface area contributed by atoms with Gasteiger partial charge in [-0.05, 0) is 24.1 Å². The molecule has 19 heavy (non-hydrogen) atoms. The number of cyclic esters (lactones) is 1. The van der Waals surface area contributed by atoms with Gasteiger partial charge in [-0.1, -0.05) is 40.2 Å². The number of hydrogen-bond acceptors (Lipinski definition) is 3. The van der Waals surface area contributed by atoms with Gasteiger partial charge in [0.25, 0.3) is 0 Å². The summed E-state index contributed by atoms with van der Waals surface area (Å²) < 4.78 is 10.2. The molecule has 1 aliphatic rings. The Morgan fingerprint density at radius 3 is 2.74 bits per heavy atom. The summed E-state index contributed by atoms with van der Waals surface area (Å²) in [4.78, 5) is 13.2. The largest absolute Gasteiger partial charge is 0.497 e.